The predicted molar refractivity (Wildman–Crippen MR) is 98.9 cm³/mol. The van der Waals surface area contributed by atoms with Gasteiger partial charge in [0.15, 0.2) is 0 Å². The maximum absolute atomic E-state index is 13.0. The van der Waals surface area contributed by atoms with Crippen LogP contribution < -0.4 is 9.46 Å². The molecule has 144 valence electrons. The van der Waals surface area contributed by atoms with Crippen LogP contribution in [0.25, 0.3) is 0 Å². The normalized spacial score (nSPS) is 27.3. The molecular weight excluding hydrogens is 354 g/mol. The Morgan fingerprint density at radius 2 is 1.81 bits per heavy atom. The van der Waals surface area contributed by atoms with Crippen molar-refractivity contribution in [2.24, 2.45) is 5.92 Å². The SMILES string of the molecule is COc1ccc(C2CC(C(=O)N3CCC(C)CC3)N(C)S(=O)(=O)N2)cc1. The second-order valence-corrected chi connectivity index (χ2v) is 8.99. The molecule has 0 spiro atoms. The van der Waals surface area contributed by atoms with Crippen molar-refractivity contribution < 1.29 is 17.9 Å². The van der Waals surface area contributed by atoms with Gasteiger partial charge in [-0.1, -0.05) is 19.1 Å². The molecule has 0 bridgehead atoms. The molecule has 2 fully saturated rings. The smallest absolute Gasteiger partial charge is 0.280 e. The number of hydrogen-bond donors (Lipinski definition) is 1. The Bertz CT molecular complexity index is 742. The number of carbonyl (C=O) groups is 1. The number of rotatable bonds is 3. The molecule has 2 unspecified atom stereocenters. The number of nitrogens with one attached hydrogen (secondary N) is 1. The molecule has 2 heterocycles. The van der Waals surface area contributed by atoms with E-state index < -0.39 is 22.3 Å². The maximum Gasteiger partial charge on any atom is 0.280 e. The number of carbonyl (C=O) groups excluding carboxylic acids is 1. The first-order valence-corrected chi connectivity index (χ1v) is 10.4. The van der Waals surface area contributed by atoms with Crippen LogP contribution in [0.15, 0.2) is 24.3 Å². The quantitative estimate of drug-likeness (QED) is 0.861. The summed E-state index contributed by atoms with van der Waals surface area (Å²) in [6.45, 7) is 3.58. The van der Waals surface area contributed by atoms with Crippen molar-refractivity contribution in [2.45, 2.75) is 38.3 Å². The van der Waals surface area contributed by atoms with E-state index in [2.05, 4.69) is 11.6 Å². The number of piperidine rings is 1. The van der Waals surface area contributed by atoms with Crippen LogP contribution in [0.3, 0.4) is 0 Å². The Kier molecular flexibility index (Phi) is 5.55. The molecular formula is C18H27N3O4S. The van der Waals surface area contributed by atoms with Gasteiger partial charge in [-0.25, -0.2) is 0 Å². The highest BCUT2D eigenvalue weighted by molar-refractivity contribution is 7.87. The summed E-state index contributed by atoms with van der Waals surface area (Å²) in [7, 11) is -0.655. The largest absolute Gasteiger partial charge is 0.497 e. The number of hydrogen-bond acceptors (Lipinski definition) is 4. The molecule has 2 saturated heterocycles. The van der Waals surface area contributed by atoms with Gasteiger partial charge < -0.3 is 9.64 Å². The van der Waals surface area contributed by atoms with Crippen molar-refractivity contribution in [3.8, 4) is 5.75 Å². The lowest BCUT2D eigenvalue weighted by Gasteiger charge is -2.40. The number of amides is 1. The van der Waals surface area contributed by atoms with Crippen molar-refractivity contribution >= 4 is 16.1 Å². The molecule has 1 amide bonds. The van der Waals surface area contributed by atoms with E-state index in [1.54, 1.807) is 19.2 Å². The molecule has 8 heteroatoms. The van der Waals surface area contributed by atoms with E-state index in [4.69, 9.17) is 4.74 Å². The first-order valence-electron chi connectivity index (χ1n) is 9.00. The standard InChI is InChI=1S/C18H27N3O4S/c1-13-8-10-21(11-9-13)18(22)17-12-16(19-26(23,24)20(17)2)14-4-6-15(25-3)7-5-14/h4-7,13,16-17,19H,8-12H2,1-3H3. The van der Waals surface area contributed by atoms with Crippen molar-refractivity contribution in [3.05, 3.63) is 29.8 Å². The van der Waals surface area contributed by atoms with Gasteiger partial charge in [0, 0.05) is 26.2 Å². The molecule has 0 aromatic heterocycles. The summed E-state index contributed by atoms with van der Waals surface area (Å²) in [5.74, 6) is 1.23. The molecule has 2 atom stereocenters. The van der Waals surface area contributed by atoms with Crippen molar-refractivity contribution in [1.82, 2.24) is 13.9 Å². The maximum atomic E-state index is 13.0. The van der Waals surface area contributed by atoms with Crippen LogP contribution in [0.1, 0.15) is 37.8 Å². The topological polar surface area (TPSA) is 79.0 Å². The second-order valence-electron chi connectivity index (χ2n) is 7.22. The van der Waals surface area contributed by atoms with Crippen molar-refractivity contribution in [2.75, 3.05) is 27.2 Å². The summed E-state index contributed by atoms with van der Waals surface area (Å²) in [4.78, 5) is 14.8. The highest BCUT2D eigenvalue weighted by Crippen LogP contribution is 2.30. The van der Waals surface area contributed by atoms with Crippen molar-refractivity contribution in [1.29, 1.82) is 0 Å². The highest BCUT2D eigenvalue weighted by atomic mass is 32.2. The fourth-order valence-corrected chi connectivity index (χ4v) is 4.86. The summed E-state index contributed by atoms with van der Waals surface area (Å²) in [5, 5.41) is 0. The van der Waals surface area contributed by atoms with Crippen LogP contribution in [0.2, 0.25) is 0 Å². The van der Waals surface area contributed by atoms with Gasteiger partial charge in [0.1, 0.15) is 11.8 Å². The number of ether oxygens (including phenoxy) is 1. The van der Waals surface area contributed by atoms with Gasteiger partial charge in [-0.05, 0) is 42.9 Å². The van der Waals surface area contributed by atoms with Crippen molar-refractivity contribution in [3.63, 3.8) is 0 Å². The predicted octanol–water partition coefficient (Wildman–Crippen LogP) is 1.53. The monoisotopic (exact) mass is 381 g/mol. The third kappa shape index (κ3) is 3.87. The molecule has 1 aromatic rings. The molecule has 2 aliphatic rings. The number of likely N-dealkylation sites (tertiary alicyclic amines) is 1. The summed E-state index contributed by atoms with van der Waals surface area (Å²) >= 11 is 0. The molecule has 0 saturated carbocycles. The fraction of sp³-hybridized carbons (Fsp3) is 0.611. The minimum absolute atomic E-state index is 0.0945. The van der Waals surface area contributed by atoms with E-state index in [0.29, 0.717) is 31.2 Å². The Labute approximate surface area is 155 Å². The fourth-order valence-electron chi connectivity index (χ4n) is 3.59. The van der Waals surface area contributed by atoms with E-state index in [0.717, 1.165) is 18.4 Å². The number of nitrogens with zero attached hydrogens (tertiary/aromatic N) is 2. The highest BCUT2D eigenvalue weighted by Gasteiger charge is 2.42. The lowest BCUT2D eigenvalue weighted by atomic mass is 9.96. The summed E-state index contributed by atoms with van der Waals surface area (Å²) < 4.78 is 34.1. The Hall–Kier alpha value is -1.64. The number of benzene rings is 1. The first-order chi connectivity index (χ1) is 12.3. The summed E-state index contributed by atoms with van der Waals surface area (Å²) in [5.41, 5.74) is 0.826. The van der Waals surface area contributed by atoms with Gasteiger partial charge in [-0.3, -0.25) is 4.79 Å². The van der Waals surface area contributed by atoms with E-state index >= 15 is 0 Å². The molecule has 0 radical (unpaired) electrons. The van der Waals surface area contributed by atoms with Gasteiger partial charge in [-0.15, -0.1) is 0 Å². The molecule has 1 aromatic carbocycles. The van der Waals surface area contributed by atoms with Gasteiger partial charge in [0.25, 0.3) is 10.2 Å². The lowest BCUT2D eigenvalue weighted by Crippen LogP contribution is -2.58. The molecule has 0 aliphatic carbocycles. The third-order valence-electron chi connectivity index (χ3n) is 5.47. The van der Waals surface area contributed by atoms with Crippen LogP contribution in [-0.2, 0) is 15.0 Å². The van der Waals surface area contributed by atoms with Gasteiger partial charge in [0.2, 0.25) is 5.91 Å². The number of likely N-dealkylation sites (N-methyl/N-ethyl adjacent to an activating group) is 1. The van der Waals surface area contributed by atoms with E-state index in [-0.39, 0.29) is 5.91 Å². The Balaban J connectivity index is 1.81. The zero-order valence-electron chi connectivity index (χ0n) is 15.5. The van der Waals surface area contributed by atoms with Crippen LogP contribution in [0, 0.1) is 5.92 Å². The van der Waals surface area contributed by atoms with E-state index in [9.17, 15) is 13.2 Å². The summed E-state index contributed by atoms with van der Waals surface area (Å²) in [6.07, 6.45) is 2.34. The molecule has 1 N–H and O–H groups in total. The average molecular weight is 381 g/mol. The zero-order chi connectivity index (χ0) is 18.9. The molecule has 2 aliphatic heterocycles. The van der Waals surface area contributed by atoms with Gasteiger partial charge in [-0.2, -0.15) is 17.4 Å². The van der Waals surface area contributed by atoms with Crippen LogP contribution in [0.5, 0.6) is 5.75 Å². The first kappa shape index (κ1) is 19.1. The van der Waals surface area contributed by atoms with E-state index in [1.807, 2.05) is 17.0 Å². The van der Waals surface area contributed by atoms with E-state index in [1.165, 1.54) is 11.4 Å². The average Bonchev–Trinajstić information content (AvgIpc) is 2.64. The minimum atomic E-state index is -3.71. The van der Waals surface area contributed by atoms with Gasteiger partial charge >= 0.3 is 0 Å². The van der Waals surface area contributed by atoms with Crippen LogP contribution in [-0.4, -0.2) is 56.8 Å². The summed E-state index contributed by atoms with van der Waals surface area (Å²) in [6, 6.07) is 6.15. The van der Waals surface area contributed by atoms with Gasteiger partial charge in [0.05, 0.1) is 7.11 Å². The third-order valence-corrected chi connectivity index (χ3v) is 7.06. The van der Waals surface area contributed by atoms with Crippen LogP contribution in [0.4, 0.5) is 0 Å². The zero-order valence-corrected chi connectivity index (χ0v) is 16.3. The van der Waals surface area contributed by atoms with Crippen LogP contribution >= 0.6 is 0 Å². The number of methoxy groups -OCH3 is 1. The second kappa shape index (κ2) is 7.54. The minimum Gasteiger partial charge on any atom is -0.497 e. The molecule has 26 heavy (non-hydrogen) atoms. The molecule has 7 nitrogen and oxygen atoms in total. The Morgan fingerprint density at radius 1 is 1.19 bits per heavy atom. The molecule has 3 rings (SSSR count). The lowest BCUT2D eigenvalue weighted by molar-refractivity contribution is -0.137. The Morgan fingerprint density at radius 3 is 2.38 bits per heavy atom.